The molecular formula is C21H32N6O2. The molecule has 1 N–H and O–H groups in total. The number of piperazine rings is 1. The monoisotopic (exact) mass is 400 g/mol. The van der Waals surface area contributed by atoms with E-state index < -0.39 is 0 Å². The summed E-state index contributed by atoms with van der Waals surface area (Å²) >= 11 is 0. The van der Waals surface area contributed by atoms with Gasteiger partial charge in [0.1, 0.15) is 12.0 Å². The van der Waals surface area contributed by atoms with Crippen molar-refractivity contribution in [2.45, 2.75) is 32.4 Å². The van der Waals surface area contributed by atoms with E-state index in [-0.39, 0.29) is 6.04 Å². The van der Waals surface area contributed by atoms with Gasteiger partial charge in [0.15, 0.2) is 5.96 Å². The lowest BCUT2D eigenvalue weighted by atomic mass is 10.2. The smallest absolute Gasteiger partial charge is 0.194 e. The Morgan fingerprint density at radius 2 is 1.97 bits per heavy atom. The third-order valence-corrected chi connectivity index (χ3v) is 5.75. The highest BCUT2D eigenvalue weighted by atomic mass is 16.5. The van der Waals surface area contributed by atoms with Crippen LogP contribution in [-0.4, -0.2) is 78.2 Å². The summed E-state index contributed by atoms with van der Waals surface area (Å²) in [6.07, 6.45) is 5.92. The van der Waals surface area contributed by atoms with Crippen LogP contribution < -0.4 is 5.32 Å². The molecule has 8 nitrogen and oxygen atoms in total. The van der Waals surface area contributed by atoms with Crippen LogP contribution in [0.15, 0.2) is 44.7 Å². The van der Waals surface area contributed by atoms with Gasteiger partial charge in [-0.1, -0.05) is 5.16 Å². The number of hydrogen-bond donors (Lipinski definition) is 1. The van der Waals surface area contributed by atoms with Crippen LogP contribution in [0.25, 0.3) is 0 Å². The number of hydrogen-bond acceptors (Lipinski definition) is 6. The van der Waals surface area contributed by atoms with E-state index in [1.807, 2.05) is 12.1 Å². The predicted molar refractivity (Wildman–Crippen MR) is 112 cm³/mol. The lowest BCUT2D eigenvalue weighted by Crippen LogP contribution is -2.52. The predicted octanol–water partition coefficient (Wildman–Crippen LogP) is 2.19. The van der Waals surface area contributed by atoms with Crippen LogP contribution in [0.2, 0.25) is 0 Å². The van der Waals surface area contributed by atoms with Gasteiger partial charge in [-0.2, -0.15) is 0 Å². The highest BCUT2D eigenvalue weighted by molar-refractivity contribution is 5.80. The Labute approximate surface area is 172 Å². The van der Waals surface area contributed by atoms with E-state index in [1.165, 1.54) is 12.8 Å². The maximum atomic E-state index is 5.74. The molecule has 29 heavy (non-hydrogen) atoms. The van der Waals surface area contributed by atoms with Crippen molar-refractivity contribution in [3.8, 4) is 0 Å². The third kappa shape index (κ3) is 5.19. The fraction of sp³-hybridized carbons (Fsp3) is 0.619. The molecule has 2 saturated heterocycles. The molecule has 0 spiro atoms. The average Bonchev–Trinajstić information content (AvgIpc) is 3.52. The van der Waals surface area contributed by atoms with Gasteiger partial charge < -0.3 is 19.2 Å². The lowest BCUT2D eigenvalue weighted by molar-refractivity contribution is 0.168. The topological polar surface area (TPSA) is 73.3 Å². The Hall–Kier alpha value is -2.32. The first-order chi connectivity index (χ1) is 14.3. The van der Waals surface area contributed by atoms with Crippen LogP contribution in [0.4, 0.5) is 0 Å². The molecule has 0 aliphatic carbocycles. The zero-order chi connectivity index (χ0) is 19.9. The van der Waals surface area contributed by atoms with Crippen molar-refractivity contribution in [2.24, 2.45) is 4.99 Å². The first-order valence-electron chi connectivity index (χ1n) is 10.8. The number of aliphatic imine (C=N–C) groups is 1. The molecule has 2 aromatic heterocycles. The zero-order valence-electron chi connectivity index (χ0n) is 17.3. The molecule has 4 heterocycles. The van der Waals surface area contributed by atoms with Crippen molar-refractivity contribution in [3.05, 3.63) is 42.2 Å². The molecule has 2 aliphatic rings. The van der Waals surface area contributed by atoms with Gasteiger partial charge in [0.25, 0.3) is 0 Å². The summed E-state index contributed by atoms with van der Waals surface area (Å²) in [4.78, 5) is 12.3. The second-order valence-corrected chi connectivity index (χ2v) is 7.72. The first kappa shape index (κ1) is 20.0. The quantitative estimate of drug-likeness (QED) is 0.564. The molecule has 158 valence electrons. The van der Waals surface area contributed by atoms with Crippen molar-refractivity contribution >= 4 is 5.96 Å². The third-order valence-electron chi connectivity index (χ3n) is 5.75. The van der Waals surface area contributed by atoms with Crippen molar-refractivity contribution < 1.29 is 8.94 Å². The summed E-state index contributed by atoms with van der Waals surface area (Å²) in [5.74, 6) is 2.02. The van der Waals surface area contributed by atoms with Gasteiger partial charge in [0.2, 0.25) is 0 Å². The largest absolute Gasteiger partial charge is 0.468 e. The van der Waals surface area contributed by atoms with Crippen LogP contribution >= 0.6 is 0 Å². The highest BCUT2D eigenvalue weighted by Gasteiger charge is 2.26. The molecule has 0 aromatic carbocycles. The van der Waals surface area contributed by atoms with Crippen molar-refractivity contribution in [3.63, 3.8) is 0 Å². The Morgan fingerprint density at radius 3 is 2.62 bits per heavy atom. The van der Waals surface area contributed by atoms with Crippen LogP contribution in [0.5, 0.6) is 0 Å². The summed E-state index contributed by atoms with van der Waals surface area (Å²) < 4.78 is 10.7. The number of guanidine groups is 1. The first-order valence-corrected chi connectivity index (χ1v) is 10.8. The fourth-order valence-corrected chi connectivity index (χ4v) is 4.18. The second kappa shape index (κ2) is 9.93. The van der Waals surface area contributed by atoms with Crippen molar-refractivity contribution in [1.82, 2.24) is 25.2 Å². The Bertz CT molecular complexity index is 731. The minimum Gasteiger partial charge on any atom is -0.468 e. The number of furan rings is 1. The standard InChI is InChI=1S/C21H32N6O2/c1-2-22-21(27-12-10-25(11-13-27)17-18-7-15-29-24-18)23-16-19(20-6-5-14-28-20)26-8-3-4-9-26/h5-7,14-15,19H,2-4,8-13,16-17H2,1H3,(H,22,23). The van der Waals surface area contributed by atoms with E-state index in [0.29, 0.717) is 0 Å². The highest BCUT2D eigenvalue weighted by Crippen LogP contribution is 2.26. The fourth-order valence-electron chi connectivity index (χ4n) is 4.18. The zero-order valence-corrected chi connectivity index (χ0v) is 17.3. The minimum atomic E-state index is 0.217. The van der Waals surface area contributed by atoms with Crippen LogP contribution in [0, 0.1) is 0 Å². The van der Waals surface area contributed by atoms with Gasteiger partial charge in [0, 0.05) is 45.3 Å². The van der Waals surface area contributed by atoms with Crippen molar-refractivity contribution in [1.29, 1.82) is 0 Å². The number of rotatable bonds is 7. The summed E-state index contributed by atoms with van der Waals surface area (Å²) in [5.41, 5.74) is 0.992. The molecule has 0 saturated carbocycles. The second-order valence-electron chi connectivity index (χ2n) is 7.72. The van der Waals surface area contributed by atoms with E-state index in [1.54, 1.807) is 12.5 Å². The Kier molecular flexibility index (Phi) is 6.84. The van der Waals surface area contributed by atoms with Crippen LogP contribution in [-0.2, 0) is 6.54 Å². The number of nitrogens with one attached hydrogen (secondary N) is 1. The summed E-state index contributed by atoms with van der Waals surface area (Å²) in [6.45, 7) is 10.7. The molecular weight excluding hydrogens is 368 g/mol. The molecule has 0 radical (unpaired) electrons. The van der Waals surface area contributed by atoms with E-state index in [4.69, 9.17) is 13.9 Å². The molecule has 1 atom stereocenters. The van der Waals surface area contributed by atoms with Gasteiger partial charge in [-0.15, -0.1) is 0 Å². The van der Waals surface area contributed by atoms with E-state index in [2.05, 4.69) is 38.2 Å². The maximum absolute atomic E-state index is 5.74. The van der Waals surface area contributed by atoms with Crippen LogP contribution in [0.1, 0.15) is 37.3 Å². The molecule has 0 amide bonds. The molecule has 2 aromatic rings. The average molecular weight is 401 g/mol. The maximum Gasteiger partial charge on any atom is 0.194 e. The number of likely N-dealkylation sites (tertiary alicyclic amines) is 1. The molecule has 4 rings (SSSR count). The van der Waals surface area contributed by atoms with Gasteiger partial charge in [-0.25, -0.2) is 0 Å². The van der Waals surface area contributed by atoms with Crippen molar-refractivity contribution in [2.75, 3.05) is 52.4 Å². The summed E-state index contributed by atoms with van der Waals surface area (Å²) in [6, 6.07) is 6.20. The number of aromatic nitrogens is 1. The van der Waals surface area contributed by atoms with Gasteiger partial charge in [-0.05, 0) is 45.0 Å². The summed E-state index contributed by atoms with van der Waals surface area (Å²) in [5, 5.41) is 7.51. The van der Waals surface area contributed by atoms with Gasteiger partial charge >= 0.3 is 0 Å². The Morgan fingerprint density at radius 1 is 1.14 bits per heavy atom. The van der Waals surface area contributed by atoms with Gasteiger partial charge in [-0.3, -0.25) is 14.8 Å². The van der Waals surface area contributed by atoms with E-state index in [0.717, 1.165) is 76.3 Å². The van der Waals surface area contributed by atoms with Gasteiger partial charge in [0.05, 0.1) is 24.5 Å². The Balaban J connectivity index is 1.38. The molecule has 2 fully saturated rings. The van der Waals surface area contributed by atoms with E-state index in [9.17, 15) is 0 Å². The number of nitrogens with zero attached hydrogens (tertiary/aromatic N) is 5. The normalized spacial score (nSPS) is 20.3. The minimum absolute atomic E-state index is 0.217. The summed E-state index contributed by atoms with van der Waals surface area (Å²) in [7, 11) is 0. The lowest BCUT2D eigenvalue weighted by Gasteiger charge is -2.36. The molecule has 2 aliphatic heterocycles. The molecule has 8 heteroatoms. The SMILES string of the molecule is CCNC(=NCC(c1ccco1)N1CCCC1)N1CCN(Cc2ccon2)CC1. The molecule has 1 unspecified atom stereocenters. The molecule has 0 bridgehead atoms. The van der Waals surface area contributed by atoms with E-state index >= 15 is 0 Å². The van der Waals surface area contributed by atoms with Crippen LogP contribution in [0.3, 0.4) is 0 Å².